The van der Waals surface area contributed by atoms with E-state index in [0.29, 0.717) is 0 Å². The molecule has 2 fully saturated rings. The Hall–Kier alpha value is -0.890. The maximum atomic E-state index is 4.11. The van der Waals surface area contributed by atoms with Crippen LogP contribution in [0.15, 0.2) is 24.5 Å². The fraction of sp³-hybridized carbons (Fsp3) is 0.722. The molecule has 0 spiro atoms. The van der Waals surface area contributed by atoms with Crippen LogP contribution in [0.2, 0.25) is 0 Å². The summed E-state index contributed by atoms with van der Waals surface area (Å²) in [7, 11) is 0. The molecule has 0 saturated heterocycles. The Morgan fingerprint density at radius 3 is 2.15 bits per heavy atom. The molecule has 2 saturated carbocycles. The molecular weight excluding hydrogens is 244 g/mol. The van der Waals surface area contributed by atoms with Gasteiger partial charge in [0, 0.05) is 31.0 Å². The number of nitrogens with zero attached hydrogens (tertiary/aromatic N) is 2. The van der Waals surface area contributed by atoms with Crippen molar-refractivity contribution in [2.75, 3.05) is 6.54 Å². The van der Waals surface area contributed by atoms with E-state index in [9.17, 15) is 0 Å². The van der Waals surface area contributed by atoms with Gasteiger partial charge in [0.1, 0.15) is 0 Å². The Labute approximate surface area is 123 Å². The molecule has 0 aromatic carbocycles. The summed E-state index contributed by atoms with van der Waals surface area (Å²) in [4.78, 5) is 6.95. The highest BCUT2D eigenvalue weighted by atomic mass is 15.2. The molecule has 1 heterocycles. The third-order valence-electron chi connectivity index (χ3n) is 5.29. The van der Waals surface area contributed by atoms with Crippen LogP contribution in [0.5, 0.6) is 0 Å². The summed E-state index contributed by atoms with van der Waals surface area (Å²) < 4.78 is 0. The average Bonchev–Trinajstić information content (AvgIpc) is 3.34. The van der Waals surface area contributed by atoms with Crippen LogP contribution in [0, 0.1) is 5.92 Å². The zero-order valence-electron chi connectivity index (χ0n) is 12.8. The van der Waals surface area contributed by atoms with Crippen LogP contribution >= 0.6 is 0 Å². The zero-order chi connectivity index (χ0) is 13.8. The lowest BCUT2D eigenvalue weighted by Gasteiger charge is -2.37. The SMILES string of the molecule is CCC1CCC(N(CCc2ccncc2)C2CC2)CC1. The van der Waals surface area contributed by atoms with Gasteiger partial charge in [0.15, 0.2) is 0 Å². The largest absolute Gasteiger partial charge is 0.297 e. The zero-order valence-corrected chi connectivity index (χ0v) is 12.8. The molecule has 0 amide bonds. The highest BCUT2D eigenvalue weighted by Gasteiger charge is 2.35. The maximum Gasteiger partial charge on any atom is 0.0270 e. The molecule has 2 heteroatoms. The molecule has 2 nitrogen and oxygen atoms in total. The van der Waals surface area contributed by atoms with Crippen LogP contribution in [0.1, 0.15) is 57.4 Å². The Balaban J connectivity index is 1.54. The number of aromatic nitrogens is 1. The first-order valence-electron chi connectivity index (χ1n) is 8.51. The Morgan fingerprint density at radius 1 is 1.00 bits per heavy atom. The van der Waals surface area contributed by atoms with Crippen molar-refractivity contribution in [2.45, 2.75) is 70.4 Å². The quantitative estimate of drug-likeness (QED) is 0.776. The van der Waals surface area contributed by atoms with Crippen molar-refractivity contribution < 1.29 is 0 Å². The van der Waals surface area contributed by atoms with Crippen LogP contribution in [-0.2, 0) is 6.42 Å². The fourth-order valence-electron chi connectivity index (χ4n) is 3.76. The monoisotopic (exact) mass is 272 g/mol. The number of pyridine rings is 1. The lowest BCUT2D eigenvalue weighted by molar-refractivity contribution is 0.128. The Bertz CT molecular complexity index is 391. The first-order chi connectivity index (χ1) is 9.86. The van der Waals surface area contributed by atoms with E-state index in [-0.39, 0.29) is 0 Å². The normalized spacial score (nSPS) is 26.9. The average molecular weight is 272 g/mol. The maximum absolute atomic E-state index is 4.11. The van der Waals surface area contributed by atoms with Crippen LogP contribution in [0.3, 0.4) is 0 Å². The van der Waals surface area contributed by atoms with E-state index in [1.807, 2.05) is 12.4 Å². The molecule has 0 radical (unpaired) electrons. The van der Waals surface area contributed by atoms with Crippen molar-refractivity contribution in [3.63, 3.8) is 0 Å². The molecular formula is C18H28N2. The molecule has 0 unspecified atom stereocenters. The molecule has 2 aliphatic rings. The smallest absolute Gasteiger partial charge is 0.0270 e. The summed E-state index contributed by atoms with van der Waals surface area (Å²) in [6.07, 6.45) is 15.1. The first kappa shape index (κ1) is 14.1. The first-order valence-corrected chi connectivity index (χ1v) is 8.51. The second-order valence-electron chi connectivity index (χ2n) is 6.66. The standard InChI is InChI=1S/C18H28N2/c1-2-15-3-5-17(6-4-15)20(18-7-8-18)14-11-16-9-12-19-13-10-16/h9-10,12-13,15,17-18H,2-8,11,14H2,1H3. The van der Waals surface area contributed by atoms with Gasteiger partial charge in [0.25, 0.3) is 0 Å². The van der Waals surface area contributed by atoms with Gasteiger partial charge in [0.2, 0.25) is 0 Å². The second-order valence-corrected chi connectivity index (χ2v) is 6.66. The van der Waals surface area contributed by atoms with Crippen LogP contribution in [0.4, 0.5) is 0 Å². The van der Waals surface area contributed by atoms with Gasteiger partial charge in [-0.2, -0.15) is 0 Å². The summed E-state index contributed by atoms with van der Waals surface area (Å²) in [6.45, 7) is 3.60. The van der Waals surface area contributed by atoms with Crippen molar-refractivity contribution >= 4 is 0 Å². The van der Waals surface area contributed by atoms with Gasteiger partial charge in [-0.1, -0.05) is 13.3 Å². The Morgan fingerprint density at radius 2 is 1.60 bits per heavy atom. The predicted molar refractivity (Wildman–Crippen MR) is 83.7 cm³/mol. The van der Waals surface area contributed by atoms with Gasteiger partial charge in [-0.15, -0.1) is 0 Å². The summed E-state index contributed by atoms with van der Waals surface area (Å²) in [5.41, 5.74) is 1.44. The summed E-state index contributed by atoms with van der Waals surface area (Å²) in [6, 6.07) is 6.10. The molecule has 2 aliphatic carbocycles. The number of rotatable bonds is 6. The van der Waals surface area contributed by atoms with Crippen molar-refractivity contribution in [1.29, 1.82) is 0 Å². The Kier molecular flexibility index (Phi) is 4.72. The number of hydrogen-bond donors (Lipinski definition) is 0. The molecule has 110 valence electrons. The van der Waals surface area contributed by atoms with Gasteiger partial charge in [-0.3, -0.25) is 9.88 Å². The van der Waals surface area contributed by atoms with E-state index in [1.54, 1.807) is 0 Å². The van der Waals surface area contributed by atoms with E-state index in [4.69, 9.17) is 0 Å². The molecule has 0 N–H and O–H groups in total. The van der Waals surface area contributed by atoms with Crippen molar-refractivity contribution in [1.82, 2.24) is 9.88 Å². The molecule has 20 heavy (non-hydrogen) atoms. The van der Waals surface area contributed by atoms with Gasteiger partial charge in [-0.25, -0.2) is 0 Å². The van der Waals surface area contributed by atoms with Gasteiger partial charge < -0.3 is 0 Å². The molecule has 0 atom stereocenters. The third kappa shape index (κ3) is 3.60. The topological polar surface area (TPSA) is 16.1 Å². The summed E-state index contributed by atoms with van der Waals surface area (Å²) in [5.74, 6) is 1.01. The highest BCUT2D eigenvalue weighted by molar-refractivity contribution is 5.10. The molecule has 3 rings (SSSR count). The minimum Gasteiger partial charge on any atom is -0.297 e. The second kappa shape index (κ2) is 6.71. The predicted octanol–water partition coefficient (Wildman–Crippen LogP) is 4.06. The van der Waals surface area contributed by atoms with E-state index in [2.05, 4.69) is 28.9 Å². The van der Waals surface area contributed by atoms with Gasteiger partial charge >= 0.3 is 0 Å². The molecule has 1 aromatic heterocycles. The van der Waals surface area contributed by atoms with Crippen molar-refractivity contribution in [3.05, 3.63) is 30.1 Å². The van der Waals surface area contributed by atoms with E-state index >= 15 is 0 Å². The molecule has 0 aliphatic heterocycles. The summed E-state index contributed by atoms with van der Waals surface area (Å²) >= 11 is 0. The third-order valence-corrected chi connectivity index (χ3v) is 5.29. The van der Waals surface area contributed by atoms with Crippen molar-refractivity contribution in [2.24, 2.45) is 5.92 Å². The lowest BCUT2D eigenvalue weighted by Crippen LogP contribution is -2.40. The highest BCUT2D eigenvalue weighted by Crippen LogP contribution is 2.36. The lowest BCUT2D eigenvalue weighted by atomic mass is 9.84. The fourth-order valence-corrected chi connectivity index (χ4v) is 3.76. The van der Waals surface area contributed by atoms with Gasteiger partial charge in [-0.05, 0) is 68.6 Å². The van der Waals surface area contributed by atoms with Crippen LogP contribution in [-0.4, -0.2) is 28.5 Å². The molecule has 0 bridgehead atoms. The van der Waals surface area contributed by atoms with E-state index in [0.717, 1.165) is 18.0 Å². The van der Waals surface area contributed by atoms with Gasteiger partial charge in [0.05, 0.1) is 0 Å². The number of hydrogen-bond acceptors (Lipinski definition) is 2. The van der Waals surface area contributed by atoms with E-state index < -0.39 is 0 Å². The van der Waals surface area contributed by atoms with Crippen molar-refractivity contribution in [3.8, 4) is 0 Å². The van der Waals surface area contributed by atoms with E-state index in [1.165, 1.54) is 63.5 Å². The molecule has 1 aromatic rings. The minimum absolute atomic E-state index is 0.868. The minimum atomic E-state index is 0.868. The summed E-state index contributed by atoms with van der Waals surface area (Å²) in [5, 5.41) is 0. The van der Waals surface area contributed by atoms with Crippen LogP contribution in [0.25, 0.3) is 0 Å². The van der Waals surface area contributed by atoms with Crippen LogP contribution < -0.4 is 0 Å².